The molecule has 14 heteroatoms. The summed E-state index contributed by atoms with van der Waals surface area (Å²) in [6, 6.07) is 46.7. The predicted molar refractivity (Wildman–Crippen MR) is 227 cm³/mol. The Hall–Kier alpha value is -6.44. The molecule has 0 aromatic heterocycles. The van der Waals surface area contributed by atoms with Crippen LogP contribution in [0, 0.1) is 0 Å². The maximum Gasteiger partial charge on any atom is 1.00 e. The summed E-state index contributed by atoms with van der Waals surface area (Å²) in [6.07, 6.45) is -1.88. The minimum atomic E-state index is -2.08. The van der Waals surface area contributed by atoms with Gasteiger partial charge in [-0.3, -0.25) is 14.4 Å². The molecule has 0 fully saturated rings. The van der Waals surface area contributed by atoms with E-state index in [-0.39, 0.29) is 73.2 Å². The van der Waals surface area contributed by atoms with Crippen molar-refractivity contribution in [2.75, 3.05) is 18.9 Å². The van der Waals surface area contributed by atoms with Crippen molar-refractivity contribution in [1.29, 1.82) is 0 Å². The summed E-state index contributed by atoms with van der Waals surface area (Å²) in [5.41, 5.74) is 17.2. The van der Waals surface area contributed by atoms with Crippen LogP contribution in [0.2, 0.25) is 0 Å². The minimum Gasteiger partial charge on any atom is -0.565 e. The van der Waals surface area contributed by atoms with Crippen molar-refractivity contribution in [1.82, 2.24) is 0 Å². The number of hydrogen-bond acceptors (Lipinski definition) is 9. The van der Waals surface area contributed by atoms with Crippen molar-refractivity contribution in [2.45, 2.75) is 31.1 Å². The second-order valence-corrected chi connectivity index (χ2v) is 14.1. The van der Waals surface area contributed by atoms with E-state index in [1.807, 2.05) is 48.5 Å². The SMILES string of the molecule is Nc1ccc(CC(=O)O)cc1.O=C(Cl)OCC1c2ccccc2-c2ccccc21.O=C(O)Cc1ccc(CC(=O)OCC2c3ccccc3-c3ccccc32)cc1.O=C([O-])O.[Na+]. The summed E-state index contributed by atoms with van der Waals surface area (Å²) in [5.74, 6) is -1.85. The van der Waals surface area contributed by atoms with Gasteiger partial charge < -0.3 is 40.4 Å². The third kappa shape index (κ3) is 13.8. The molecule has 5 N–H and O–H groups in total. The van der Waals surface area contributed by atoms with E-state index in [0.29, 0.717) is 17.9 Å². The van der Waals surface area contributed by atoms with Crippen LogP contribution in [0.1, 0.15) is 50.8 Å². The van der Waals surface area contributed by atoms with Crippen molar-refractivity contribution < 1.29 is 83.4 Å². The normalized spacial score (nSPS) is 11.4. The topological polar surface area (TPSA) is 214 Å². The largest absolute Gasteiger partial charge is 1.00 e. The summed E-state index contributed by atoms with van der Waals surface area (Å²) in [6.45, 7) is 0.598. The molecule has 2 aliphatic rings. The Kier molecular flexibility index (Phi) is 18.3. The van der Waals surface area contributed by atoms with Gasteiger partial charge in [0.25, 0.3) is 0 Å². The Morgan fingerprint density at radius 3 is 1.11 bits per heavy atom. The van der Waals surface area contributed by atoms with Gasteiger partial charge in [-0.05, 0) is 73.3 Å². The Bertz CT molecular complexity index is 2400. The number of carboxylic acid groups (broad SMARTS) is 4. The first-order valence-electron chi connectivity index (χ1n) is 18.9. The molecule has 6 aromatic rings. The standard InChI is InChI=1S/C24H20O4.C15H11ClO2.C8H9NO2.CH2O3.Na/c25-23(26)13-16-9-11-17(12-10-16)14-24(27)28-15-22-20-7-3-1-5-18(20)19-6-2-4-8-21(19)22;16-15(17)18-9-14-12-7-3-1-5-10(12)11-6-2-4-8-13(11)14;9-7-3-1-6(2-4-7)5-8(10)11;2-1(3)4;/h1-12,22H,13-15H2,(H,25,26);1-8,14H,9H2;1-4H,5,9H2,(H,10,11);(H2,2,3,4);/q;;;;+1/p-1. The Balaban J connectivity index is 0.000000212. The monoisotopic (exact) mass is 865 g/mol. The van der Waals surface area contributed by atoms with E-state index in [4.69, 9.17) is 52.0 Å². The number of benzene rings is 6. The van der Waals surface area contributed by atoms with Crippen LogP contribution in [0.4, 0.5) is 15.3 Å². The van der Waals surface area contributed by atoms with Gasteiger partial charge >= 0.3 is 52.9 Å². The Morgan fingerprint density at radius 1 is 0.500 bits per heavy atom. The summed E-state index contributed by atoms with van der Waals surface area (Å²) in [5, 5.41) is 32.5. The van der Waals surface area contributed by atoms with E-state index in [1.54, 1.807) is 48.5 Å². The van der Waals surface area contributed by atoms with Gasteiger partial charge in [0, 0.05) is 29.1 Å². The Labute approximate surface area is 384 Å². The molecule has 8 rings (SSSR count). The zero-order valence-electron chi connectivity index (χ0n) is 33.6. The van der Waals surface area contributed by atoms with Gasteiger partial charge in [-0.1, -0.05) is 133 Å². The van der Waals surface area contributed by atoms with Gasteiger partial charge in [-0.15, -0.1) is 0 Å². The van der Waals surface area contributed by atoms with Gasteiger partial charge in [0.05, 0.1) is 19.3 Å². The molecule has 0 atom stereocenters. The number of esters is 1. The van der Waals surface area contributed by atoms with E-state index in [9.17, 15) is 19.2 Å². The number of ether oxygens (including phenoxy) is 2. The van der Waals surface area contributed by atoms with E-state index >= 15 is 0 Å². The van der Waals surface area contributed by atoms with Gasteiger partial charge in [-0.25, -0.2) is 4.79 Å². The first kappa shape index (κ1) is 48.2. The average Bonchev–Trinajstić information content (AvgIpc) is 3.73. The van der Waals surface area contributed by atoms with Crippen molar-refractivity contribution in [3.8, 4) is 22.3 Å². The molecule has 0 aliphatic heterocycles. The van der Waals surface area contributed by atoms with Gasteiger partial charge in [-0.2, -0.15) is 0 Å². The number of carboxylic acids is 2. The first-order chi connectivity index (χ1) is 29.3. The summed E-state index contributed by atoms with van der Waals surface area (Å²) in [4.78, 5) is 52.5. The fraction of sp³-hybridized carbons (Fsp3) is 0.146. The molecule has 0 bridgehead atoms. The molecular weight excluding hydrogens is 825 g/mol. The van der Waals surface area contributed by atoms with Crippen LogP contribution >= 0.6 is 11.6 Å². The first-order valence-corrected chi connectivity index (χ1v) is 19.3. The third-order valence-electron chi connectivity index (χ3n) is 9.76. The maximum atomic E-state index is 12.3. The molecule has 62 heavy (non-hydrogen) atoms. The molecule has 0 radical (unpaired) electrons. The minimum absolute atomic E-state index is 0. The number of nitrogen functional groups attached to an aromatic ring is 1. The number of hydrogen-bond donors (Lipinski definition) is 4. The summed E-state index contributed by atoms with van der Waals surface area (Å²) in [7, 11) is 0. The zero-order valence-corrected chi connectivity index (χ0v) is 36.4. The molecular formula is C48H41ClNNaO11. The fourth-order valence-electron chi connectivity index (χ4n) is 7.18. The molecule has 312 valence electrons. The number of fused-ring (bicyclic) bond motifs is 6. The predicted octanol–water partition coefficient (Wildman–Crippen LogP) is 5.17. The molecule has 0 unspecified atom stereocenters. The molecule has 12 nitrogen and oxygen atoms in total. The van der Waals surface area contributed by atoms with Crippen LogP contribution in [-0.2, 0) is 43.1 Å². The number of halogens is 1. The number of rotatable bonds is 10. The third-order valence-corrected chi connectivity index (χ3v) is 9.87. The van der Waals surface area contributed by atoms with Crippen LogP contribution in [0.5, 0.6) is 0 Å². The van der Waals surface area contributed by atoms with Gasteiger partial charge in [0.2, 0.25) is 6.16 Å². The molecule has 0 heterocycles. The number of nitrogens with two attached hydrogens (primary N) is 1. The molecule has 0 amide bonds. The fourth-order valence-corrected chi connectivity index (χ4v) is 7.24. The second kappa shape index (κ2) is 23.5. The molecule has 0 saturated carbocycles. The van der Waals surface area contributed by atoms with Crippen molar-refractivity contribution in [3.05, 3.63) is 185 Å². The number of carbonyl (C=O) groups is 5. The van der Waals surface area contributed by atoms with E-state index in [0.717, 1.165) is 11.1 Å². The van der Waals surface area contributed by atoms with Crippen LogP contribution in [-0.4, -0.2) is 58.0 Å². The molecule has 6 aromatic carbocycles. The second-order valence-electron chi connectivity index (χ2n) is 13.8. The molecule has 0 spiro atoms. The van der Waals surface area contributed by atoms with E-state index in [2.05, 4.69) is 48.5 Å². The summed E-state index contributed by atoms with van der Waals surface area (Å²) < 4.78 is 10.6. The van der Waals surface area contributed by atoms with Crippen LogP contribution in [0.15, 0.2) is 146 Å². The average molecular weight is 866 g/mol. The van der Waals surface area contributed by atoms with Crippen molar-refractivity contribution in [3.63, 3.8) is 0 Å². The van der Waals surface area contributed by atoms with Crippen LogP contribution in [0.3, 0.4) is 0 Å². The van der Waals surface area contributed by atoms with Crippen LogP contribution in [0.25, 0.3) is 22.3 Å². The van der Waals surface area contributed by atoms with Crippen LogP contribution < -0.4 is 40.4 Å². The zero-order chi connectivity index (χ0) is 43.9. The van der Waals surface area contributed by atoms with E-state index in [1.165, 1.54) is 44.5 Å². The number of anilines is 1. The number of aliphatic carboxylic acids is 2. The van der Waals surface area contributed by atoms with Gasteiger partial charge in [0.1, 0.15) is 13.2 Å². The van der Waals surface area contributed by atoms with Gasteiger partial charge in [0.15, 0.2) is 0 Å². The quantitative estimate of drug-likeness (QED) is 0.0608. The smallest absolute Gasteiger partial charge is 0.565 e. The van der Waals surface area contributed by atoms with Crippen molar-refractivity contribution >= 4 is 46.8 Å². The molecule has 2 aliphatic carbocycles. The summed E-state index contributed by atoms with van der Waals surface area (Å²) >= 11 is 5.25. The maximum absolute atomic E-state index is 12.3. The van der Waals surface area contributed by atoms with Crippen molar-refractivity contribution in [2.24, 2.45) is 0 Å². The molecule has 0 saturated heterocycles. The number of carbonyl (C=O) groups excluding carboxylic acids is 2. The Morgan fingerprint density at radius 2 is 0.790 bits per heavy atom. The van der Waals surface area contributed by atoms with E-state index < -0.39 is 23.5 Å².